The number of ether oxygens (including phenoxy) is 1. The van der Waals surface area contributed by atoms with Crippen molar-refractivity contribution in [2.24, 2.45) is 5.92 Å². The van der Waals surface area contributed by atoms with Gasteiger partial charge in [-0.1, -0.05) is 6.07 Å². The highest BCUT2D eigenvalue weighted by Crippen LogP contribution is 2.31. The highest BCUT2D eigenvalue weighted by Gasteiger charge is 2.27. The molecule has 10 nitrogen and oxygen atoms in total. The van der Waals surface area contributed by atoms with Crippen molar-refractivity contribution in [2.45, 2.75) is 38.1 Å². The molecular formula is C20H24FN5O5S. The lowest BCUT2D eigenvalue weighted by Crippen LogP contribution is -2.29. The van der Waals surface area contributed by atoms with Gasteiger partial charge in [-0.2, -0.15) is 0 Å². The average Bonchev–Trinajstić information content (AvgIpc) is 3.36. The fraction of sp³-hybridized carbons (Fsp3) is 0.450. The van der Waals surface area contributed by atoms with Crippen molar-refractivity contribution in [2.75, 3.05) is 13.2 Å². The van der Waals surface area contributed by atoms with Gasteiger partial charge in [0.1, 0.15) is 18.1 Å². The molecule has 3 N–H and O–H groups in total. The molecule has 2 aliphatic rings. The Morgan fingerprint density at radius 3 is 2.81 bits per heavy atom. The smallest absolute Gasteiger partial charge is 0.324 e. The number of halogens is 1. The number of imide groups is 1. The minimum absolute atomic E-state index is 0.0609. The first-order valence-electron chi connectivity index (χ1n) is 10.2. The van der Waals surface area contributed by atoms with Crippen LogP contribution in [0.4, 0.5) is 9.18 Å². The molecule has 2 heterocycles. The average molecular weight is 466 g/mol. The Balaban J connectivity index is 1.36. The minimum Gasteiger partial charge on any atom is -0.490 e. The van der Waals surface area contributed by atoms with Gasteiger partial charge in [-0.05, 0) is 43.4 Å². The molecule has 0 unspecified atom stereocenters. The minimum atomic E-state index is -3.78. The number of urea groups is 1. The molecule has 2 fully saturated rings. The Kier molecular flexibility index (Phi) is 6.15. The Bertz CT molecular complexity index is 1130. The van der Waals surface area contributed by atoms with Crippen LogP contribution in [-0.4, -0.2) is 48.4 Å². The van der Waals surface area contributed by atoms with Crippen LogP contribution in [0.25, 0.3) is 0 Å². The predicted molar refractivity (Wildman–Crippen MR) is 111 cm³/mol. The molecule has 1 saturated heterocycles. The van der Waals surface area contributed by atoms with Gasteiger partial charge in [0.2, 0.25) is 15.9 Å². The van der Waals surface area contributed by atoms with E-state index in [4.69, 9.17) is 4.74 Å². The zero-order valence-corrected chi connectivity index (χ0v) is 18.2. The van der Waals surface area contributed by atoms with Crippen LogP contribution in [0.3, 0.4) is 0 Å². The standard InChI is InChI=1S/C20H24FN5O5S/c1-12(14-4-5-16(21)17(6-14)31-10-13-2-3-13)25-32(29,30)11-18-22-7-15(23-18)8-26-9-19(27)24-20(26)28/h4-7,12-13,25H,2-3,8-11H2,1H3,(H,22,23)(H,24,27,28)/t12-/m1/s1. The molecule has 1 aromatic carbocycles. The van der Waals surface area contributed by atoms with Gasteiger partial charge in [-0.25, -0.2) is 27.3 Å². The Morgan fingerprint density at radius 2 is 2.12 bits per heavy atom. The molecule has 32 heavy (non-hydrogen) atoms. The van der Waals surface area contributed by atoms with Gasteiger partial charge in [0.15, 0.2) is 11.6 Å². The molecule has 4 rings (SSSR count). The van der Waals surface area contributed by atoms with Crippen LogP contribution < -0.4 is 14.8 Å². The summed E-state index contributed by atoms with van der Waals surface area (Å²) < 4.78 is 47.3. The van der Waals surface area contributed by atoms with Gasteiger partial charge in [0.05, 0.1) is 25.0 Å². The van der Waals surface area contributed by atoms with E-state index in [-0.39, 0.29) is 24.7 Å². The lowest BCUT2D eigenvalue weighted by molar-refractivity contribution is -0.118. The summed E-state index contributed by atoms with van der Waals surface area (Å²) in [5.41, 5.74) is 1.08. The van der Waals surface area contributed by atoms with Gasteiger partial charge < -0.3 is 14.6 Å². The number of imidazole rings is 1. The van der Waals surface area contributed by atoms with E-state index < -0.39 is 39.6 Å². The molecule has 1 atom stereocenters. The number of aromatic amines is 1. The zero-order chi connectivity index (χ0) is 22.9. The van der Waals surface area contributed by atoms with E-state index in [1.165, 1.54) is 29.3 Å². The van der Waals surface area contributed by atoms with E-state index >= 15 is 0 Å². The fourth-order valence-corrected chi connectivity index (χ4v) is 4.59. The maximum absolute atomic E-state index is 14.0. The number of rotatable bonds is 10. The van der Waals surface area contributed by atoms with Gasteiger partial charge in [0, 0.05) is 6.04 Å². The van der Waals surface area contributed by atoms with E-state index in [2.05, 4.69) is 20.0 Å². The van der Waals surface area contributed by atoms with Gasteiger partial charge in [-0.15, -0.1) is 0 Å². The third-order valence-corrected chi connectivity index (χ3v) is 6.59. The second-order valence-electron chi connectivity index (χ2n) is 8.11. The molecule has 1 aliphatic carbocycles. The maximum atomic E-state index is 14.0. The Morgan fingerprint density at radius 1 is 1.34 bits per heavy atom. The van der Waals surface area contributed by atoms with Crippen LogP contribution in [0.15, 0.2) is 24.4 Å². The van der Waals surface area contributed by atoms with Crippen LogP contribution in [0.5, 0.6) is 5.75 Å². The molecule has 2 aromatic rings. The monoisotopic (exact) mass is 465 g/mol. The molecule has 0 bridgehead atoms. The van der Waals surface area contributed by atoms with Crippen molar-refractivity contribution < 1.29 is 27.1 Å². The van der Waals surface area contributed by atoms with Crippen LogP contribution in [-0.2, 0) is 27.1 Å². The number of aromatic nitrogens is 2. The van der Waals surface area contributed by atoms with E-state index in [0.717, 1.165) is 12.8 Å². The second kappa shape index (κ2) is 8.87. The number of carbonyl (C=O) groups excluding carboxylic acids is 2. The summed E-state index contributed by atoms with van der Waals surface area (Å²) in [6.45, 7) is 2.16. The lowest BCUT2D eigenvalue weighted by Gasteiger charge is -2.16. The highest BCUT2D eigenvalue weighted by atomic mass is 32.2. The number of amides is 3. The summed E-state index contributed by atoms with van der Waals surface area (Å²) >= 11 is 0. The summed E-state index contributed by atoms with van der Waals surface area (Å²) in [6, 6.07) is 3.17. The van der Waals surface area contributed by atoms with Crippen molar-refractivity contribution in [1.29, 1.82) is 0 Å². The van der Waals surface area contributed by atoms with Crippen LogP contribution in [0.1, 0.15) is 42.9 Å². The summed E-state index contributed by atoms with van der Waals surface area (Å²) in [6.07, 6.45) is 3.58. The summed E-state index contributed by atoms with van der Waals surface area (Å²) in [5, 5.41) is 2.17. The van der Waals surface area contributed by atoms with Crippen LogP contribution in [0, 0.1) is 11.7 Å². The number of nitrogens with one attached hydrogen (secondary N) is 3. The fourth-order valence-electron chi connectivity index (χ4n) is 3.33. The first-order chi connectivity index (χ1) is 15.2. The number of nitrogens with zero attached hydrogens (tertiary/aromatic N) is 2. The molecule has 3 amide bonds. The van der Waals surface area contributed by atoms with Crippen molar-refractivity contribution in [1.82, 2.24) is 24.9 Å². The normalized spacial score (nSPS) is 17.5. The van der Waals surface area contributed by atoms with E-state index in [9.17, 15) is 22.4 Å². The SMILES string of the molecule is C[C@@H](NS(=O)(=O)Cc1ncc(CN2CC(=O)NC2=O)[nH]1)c1ccc(F)c(OCC2CC2)c1. The quantitative estimate of drug-likeness (QED) is 0.456. The van der Waals surface area contributed by atoms with Crippen molar-refractivity contribution >= 4 is 22.0 Å². The molecule has 0 spiro atoms. The van der Waals surface area contributed by atoms with Crippen LogP contribution >= 0.6 is 0 Å². The summed E-state index contributed by atoms with van der Waals surface area (Å²) in [4.78, 5) is 31.1. The number of sulfonamides is 1. The predicted octanol–water partition coefficient (Wildman–Crippen LogP) is 1.57. The highest BCUT2D eigenvalue weighted by molar-refractivity contribution is 7.88. The molecule has 172 valence electrons. The van der Waals surface area contributed by atoms with Crippen molar-refractivity contribution in [3.8, 4) is 5.75 Å². The van der Waals surface area contributed by atoms with Crippen molar-refractivity contribution in [3.05, 3.63) is 47.3 Å². The second-order valence-corrected chi connectivity index (χ2v) is 9.86. The van der Waals surface area contributed by atoms with E-state index in [0.29, 0.717) is 23.8 Å². The zero-order valence-electron chi connectivity index (χ0n) is 17.4. The van der Waals surface area contributed by atoms with E-state index in [1.807, 2.05) is 0 Å². The third kappa shape index (κ3) is 5.62. The molecule has 12 heteroatoms. The summed E-state index contributed by atoms with van der Waals surface area (Å²) in [5.74, 6) is -0.515. The molecule has 1 saturated carbocycles. The van der Waals surface area contributed by atoms with Gasteiger partial charge in [-0.3, -0.25) is 10.1 Å². The lowest BCUT2D eigenvalue weighted by atomic mass is 10.1. The number of hydrogen-bond donors (Lipinski definition) is 3. The van der Waals surface area contributed by atoms with Gasteiger partial charge >= 0.3 is 6.03 Å². The molecule has 0 radical (unpaired) electrons. The third-order valence-electron chi connectivity index (χ3n) is 5.22. The summed E-state index contributed by atoms with van der Waals surface area (Å²) in [7, 11) is -3.78. The number of H-pyrrole nitrogens is 1. The Hall–Kier alpha value is -2.99. The topological polar surface area (TPSA) is 133 Å². The van der Waals surface area contributed by atoms with Crippen LogP contribution in [0.2, 0.25) is 0 Å². The number of carbonyl (C=O) groups is 2. The molecular weight excluding hydrogens is 441 g/mol. The largest absolute Gasteiger partial charge is 0.490 e. The maximum Gasteiger partial charge on any atom is 0.324 e. The number of benzene rings is 1. The molecule has 1 aliphatic heterocycles. The Labute approximate surface area is 184 Å². The van der Waals surface area contributed by atoms with Gasteiger partial charge in [0.25, 0.3) is 0 Å². The van der Waals surface area contributed by atoms with E-state index in [1.54, 1.807) is 6.92 Å². The first-order valence-corrected chi connectivity index (χ1v) is 11.9. The first kappa shape index (κ1) is 22.2. The number of hydrogen-bond acceptors (Lipinski definition) is 6. The molecule has 1 aromatic heterocycles. The van der Waals surface area contributed by atoms with Crippen molar-refractivity contribution in [3.63, 3.8) is 0 Å².